The lowest BCUT2D eigenvalue weighted by molar-refractivity contribution is 0.0264. The second-order valence-electron chi connectivity index (χ2n) is 7.64. The summed E-state index contributed by atoms with van der Waals surface area (Å²) < 4.78 is 0. The van der Waals surface area contributed by atoms with Gasteiger partial charge in [-0.3, -0.25) is 9.80 Å². The van der Waals surface area contributed by atoms with E-state index < -0.39 is 0 Å². The van der Waals surface area contributed by atoms with Crippen molar-refractivity contribution in [3.8, 4) is 0 Å². The fourth-order valence-electron chi connectivity index (χ4n) is 3.98. The highest BCUT2D eigenvalue weighted by Gasteiger charge is 2.35. The zero-order chi connectivity index (χ0) is 19.3. The van der Waals surface area contributed by atoms with Crippen LogP contribution in [0, 0.1) is 0 Å². The number of rotatable bonds is 5. The number of likely N-dealkylation sites (tertiary alicyclic amines) is 2. The Morgan fingerprint density at radius 1 is 1.07 bits per heavy atom. The molecule has 1 aromatic carbocycles. The van der Waals surface area contributed by atoms with Gasteiger partial charge in [0, 0.05) is 41.0 Å². The standard InChI is InChI=1S/C20H28Cl2N4S/c1-20(26-8-4-3-5-9-26)6-10-25(11-7-20)15-27-19(24-23-2)16-12-17(21)14-18(22)13-16/h12-14H,2-11,15H2,1H3. The van der Waals surface area contributed by atoms with Crippen LogP contribution in [0.25, 0.3) is 0 Å². The van der Waals surface area contributed by atoms with E-state index in [0.29, 0.717) is 15.6 Å². The number of hydrogen-bond acceptors (Lipinski definition) is 5. The van der Waals surface area contributed by atoms with E-state index in [1.807, 2.05) is 12.1 Å². The van der Waals surface area contributed by atoms with E-state index in [2.05, 4.69) is 33.6 Å². The van der Waals surface area contributed by atoms with Crippen LogP contribution < -0.4 is 0 Å². The third-order valence-electron chi connectivity index (χ3n) is 5.71. The quantitative estimate of drug-likeness (QED) is 0.359. The van der Waals surface area contributed by atoms with E-state index in [1.54, 1.807) is 17.8 Å². The molecule has 2 aliphatic rings. The van der Waals surface area contributed by atoms with Gasteiger partial charge in [0.15, 0.2) is 0 Å². The van der Waals surface area contributed by atoms with Crippen molar-refractivity contribution in [3.63, 3.8) is 0 Å². The molecule has 0 radical (unpaired) electrons. The summed E-state index contributed by atoms with van der Waals surface area (Å²) in [5.41, 5.74) is 1.25. The fraction of sp³-hybridized carbons (Fsp3) is 0.600. The molecule has 0 atom stereocenters. The first kappa shape index (κ1) is 21.1. The van der Waals surface area contributed by atoms with Gasteiger partial charge in [-0.25, -0.2) is 0 Å². The fourth-order valence-corrected chi connectivity index (χ4v) is 5.47. The van der Waals surface area contributed by atoms with Gasteiger partial charge in [0.1, 0.15) is 5.04 Å². The SMILES string of the molecule is C=NN=C(SCN1CCC(C)(N2CCCCC2)CC1)c1cc(Cl)cc(Cl)c1. The summed E-state index contributed by atoms with van der Waals surface area (Å²) >= 11 is 13.9. The van der Waals surface area contributed by atoms with Crippen molar-refractivity contribution >= 4 is 46.7 Å². The van der Waals surface area contributed by atoms with E-state index in [0.717, 1.165) is 29.6 Å². The van der Waals surface area contributed by atoms with Crippen LogP contribution in [0.3, 0.4) is 0 Å². The molecule has 0 aliphatic carbocycles. The lowest BCUT2D eigenvalue weighted by atomic mass is 9.86. The molecule has 148 valence electrons. The molecule has 0 amide bonds. The van der Waals surface area contributed by atoms with Gasteiger partial charge < -0.3 is 0 Å². The van der Waals surface area contributed by atoms with Crippen LogP contribution in [-0.2, 0) is 0 Å². The highest BCUT2D eigenvalue weighted by molar-refractivity contribution is 8.14. The minimum absolute atomic E-state index is 0.363. The largest absolute Gasteiger partial charge is 0.298 e. The molecule has 0 spiro atoms. The average molecular weight is 427 g/mol. The summed E-state index contributed by atoms with van der Waals surface area (Å²) in [7, 11) is 0. The maximum absolute atomic E-state index is 6.14. The van der Waals surface area contributed by atoms with Gasteiger partial charge in [-0.1, -0.05) is 41.4 Å². The van der Waals surface area contributed by atoms with Crippen molar-refractivity contribution in [1.29, 1.82) is 0 Å². The molecular formula is C20H28Cl2N4S. The first-order valence-electron chi connectivity index (χ1n) is 9.60. The number of piperidine rings is 2. The van der Waals surface area contributed by atoms with Gasteiger partial charge in [0.25, 0.3) is 0 Å². The molecule has 0 bridgehead atoms. The summed E-state index contributed by atoms with van der Waals surface area (Å²) in [6.07, 6.45) is 6.55. The Hall–Kier alpha value is -0.590. The predicted octanol–water partition coefficient (Wildman–Crippen LogP) is 5.39. The highest BCUT2D eigenvalue weighted by Crippen LogP contribution is 2.32. The maximum Gasteiger partial charge on any atom is 0.127 e. The van der Waals surface area contributed by atoms with Crippen molar-refractivity contribution < 1.29 is 0 Å². The van der Waals surface area contributed by atoms with Crippen LogP contribution in [0.2, 0.25) is 10.0 Å². The number of halogens is 2. The third kappa shape index (κ3) is 5.70. The topological polar surface area (TPSA) is 31.2 Å². The maximum atomic E-state index is 6.14. The van der Waals surface area contributed by atoms with E-state index in [1.165, 1.54) is 45.2 Å². The first-order valence-corrected chi connectivity index (χ1v) is 11.3. The summed E-state index contributed by atoms with van der Waals surface area (Å²) in [4.78, 5) is 5.23. The van der Waals surface area contributed by atoms with Gasteiger partial charge >= 0.3 is 0 Å². The van der Waals surface area contributed by atoms with Gasteiger partial charge in [-0.15, -0.1) is 5.10 Å². The zero-order valence-corrected chi connectivity index (χ0v) is 18.3. The number of nitrogens with zero attached hydrogens (tertiary/aromatic N) is 4. The molecule has 3 rings (SSSR count). The molecule has 2 heterocycles. The Kier molecular flexibility index (Phi) is 7.63. The molecule has 7 heteroatoms. The minimum Gasteiger partial charge on any atom is -0.298 e. The molecule has 2 fully saturated rings. The molecule has 0 saturated carbocycles. The van der Waals surface area contributed by atoms with Gasteiger partial charge in [-0.2, -0.15) is 5.10 Å². The molecule has 1 aromatic rings. The van der Waals surface area contributed by atoms with Crippen LogP contribution >= 0.6 is 35.0 Å². The van der Waals surface area contributed by atoms with Crippen molar-refractivity contribution in [1.82, 2.24) is 9.80 Å². The average Bonchev–Trinajstić information content (AvgIpc) is 2.66. The molecule has 0 N–H and O–H groups in total. The van der Waals surface area contributed by atoms with Crippen molar-refractivity contribution in [2.24, 2.45) is 10.2 Å². The molecular weight excluding hydrogens is 399 g/mol. The highest BCUT2D eigenvalue weighted by atomic mass is 35.5. The number of hydrogen-bond donors (Lipinski definition) is 0. The van der Waals surface area contributed by atoms with Crippen molar-refractivity contribution in [2.45, 2.75) is 44.6 Å². The van der Waals surface area contributed by atoms with E-state index in [-0.39, 0.29) is 0 Å². The van der Waals surface area contributed by atoms with E-state index >= 15 is 0 Å². The van der Waals surface area contributed by atoms with E-state index in [4.69, 9.17) is 23.2 Å². The Morgan fingerprint density at radius 2 is 1.70 bits per heavy atom. The first-order chi connectivity index (χ1) is 13.0. The minimum atomic E-state index is 0.363. The molecule has 4 nitrogen and oxygen atoms in total. The second kappa shape index (κ2) is 9.75. The molecule has 2 aliphatic heterocycles. The smallest absolute Gasteiger partial charge is 0.127 e. The summed E-state index contributed by atoms with van der Waals surface area (Å²) in [5, 5.41) is 9.94. The molecule has 0 unspecified atom stereocenters. The Bertz CT molecular complexity index is 660. The lowest BCUT2D eigenvalue weighted by Crippen LogP contribution is -2.54. The van der Waals surface area contributed by atoms with Crippen LogP contribution in [0.1, 0.15) is 44.6 Å². The monoisotopic (exact) mass is 426 g/mol. The van der Waals surface area contributed by atoms with Gasteiger partial charge in [0.05, 0.1) is 5.88 Å². The summed E-state index contributed by atoms with van der Waals surface area (Å²) in [5.74, 6) is 0.883. The normalized spacial score (nSPS) is 22.0. The number of thioether (sulfide) groups is 1. The molecule has 0 aromatic heterocycles. The Labute approximate surface area is 177 Å². The third-order valence-corrected chi connectivity index (χ3v) is 7.23. The lowest BCUT2D eigenvalue weighted by Gasteiger charge is -2.48. The van der Waals surface area contributed by atoms with Crippen LogP contribution in [0.4, 0.5) is 0 Å². The second-order valence-corrected chi connectivity index (χ2v) is 9.45. The van der Waals surface area contributed by atoms with Crippen LogP contribution in [0.5, 0.6) is 0 Å². The Morgan fingerprint density at radius 3 is 2.30 bits per heavy atom. The zero-order valence-electron chi connectivity index (χ0n) is 16.0. The van der Waals surface area contributed by atoms with Crippen LogP contribution in [0.15, 0.2) is 28.4 Å². The number of benzene rings is 1. The Balaban J connectivity index is 1.56. The van der Waals surface area contributed by atoms with Gasteiger partial charge in [0.2, 0.25) is 0 Å². The molecule has 2 saturated heterocycles. The van der Waals surface area contributed by atoms with Crippen molar-refractivity contribution in [3.05, 3.63) is 33.8 Å². The molecule has 27 heavy (non-hydrogen) atoms. The summed E-state index contributed by atoms with van der Waals surface area (Å²) in [6.45, 7) is 10.7. The van der Waals surface area contributed by atoms with Gasteiger partial charge in [-0.05, 0) is 63.9 Å². The summed E-state index contributed by atoms with van der Waals surface area (Å²) in [6, 6.07) is 5.46. The van der Waals surface area contributed by atoms with E-state index in [9.17, 15) is 0 Å². The van der Waals surface area contributed by atoms with Crippen LogP contribution in [-0.4, -0.2) is 59.2 Å². The predicted molar refractivity (Wildman–Crippen MR) is 120 cm³/mol. The van der Waals surface area contributed by atoms with Crippen molar-refractivity contribution in [2.75, 3.05) is 32.1 Å².